The average molecular weight is 419 g/mol. The fourth-order valence-corrected chi connectivity index (χ4v) is 3.50. The lowest BCUT2D eigenvalue weighted by molar-refractivity contribution is -0.121. The molecule has 27 heavy (non-hydrogen) atoms. The van der Waals surface area contributed by atoms with Crippen LogP contribution in [0.1, 0.15) is 12.8 Å². The van der Waals surface area contributed by atoms with Crippen LogP contribution < -0.4 is 10.1 Å². The van der Waals surface area contributed by atoms with Crippen molar-refractivity contribution < 1.29 is 35.5 Å². The van der Waals surface area contributed by atoms with E-state index in [1.807, 2.05) is 0 Å². The van der Waals surface area contributed by atoms with E-state index in [9.17, 15) is 21.6 Å². The van der Waals surface area contributed by atoms with Gasteiger partial charge in [-0.2, -0.15) is 8.42 Å². The second kappa shape index (κ2) is 8.92. The molecule has 1 heterocycles. The van der Waals surface area contributed by atoms with Crippen LogP contribution in [-0.2, 0) is 24.7 Å². The highest BCUT2D eigenvalue weighted by Crippen LogP contribution is 2.25. The van der Waals surface area contributed by atoms with Gasteiger partial charge in [0.1, 0.15) is 0 Å². The van der Waals surface area contributed by atoms with Gasteiger partial charge in [-0.25, -0.2) is 13.0 Å². The molecule has 148 valence electrons. The summed E-state index contributed by atoms with van der Waals surface area (Å²) in [5.41, 5.74) is 0. The molecule has 1 amide bonds. The van der Waals surface area contributed by atoms with Gasteiger partial charge in [-0.15, -0.1) is 0 Å². The quantitative estimate of drug-likeness (QED) is 0.397. The lowest BCUT2D eigenvalue weighted by Crippen LogP contribution is -2.28. The average Bonchev–Trinajstić information content (AvgIpc) is 3.08. The van der Waals surface area contributed by atoms with Gasteiger partial charge in [0.25, 0.3) is 21.0 Å². The number of sulfone groups is 1. The highest BCUT2D eigenvalue weighted by Gasteiger charge is 2.28. The zero-order chi connectivity index (χ0) is 19.9. The number of aromatic nitrogens is 2. The van der Waals surface area contributed by atoms with Gasteiger partial charge in [-0.05, 0) is 28.9 Å². The van der Waals surface area contributed by atoms with Crippen molar-refractivity contribution in [3.8, 4) is 5.88 Å². The number of ether oxygens (including phenoxy) is 1. The van der Waals surface area contributed by atoms with Crippen LogP contribution in [0.25, 0.3) is 0 Å². The minimum atomic E-state index is -4.14. The van der Waals surface area contributed by atoms with Crippen LogP contribution >= 0.6 is 0 Å². The maximum atomic E-state index is 12.5. The van der Waals surface area contributed by atoms with Gasteiger partial charge in [-0.1, -0.05) is 18.2 Å². The summed E-state index contributed by atoms with van der Waals surface area (Å²) in [5.74, 6) is -1.34. The molecule has 0 saturated heterocycles. The van der Waals surface area contributed by atoms with Gasteiger partial charge in [-0.3, -0.25) is 9.35 Å². The summed E-state index contributed by atoms with van der Waals surface area (Å²) >= 11 is 0. The summed E-state index contributed by atoms with van der Waals surface area (Å²) < 4.78 is 64.3. The summed E-state index contributed by atoms with van der Waals surface area (Å²) in [6, 6.07) is 7.57. The van der Waals surface area contributed by atoms with Gasteiger partial charge in [0.15, 0.2) is 0 Å². The van der Waals surface area contributed by atoms with Crippen LogP contribution in [0, 0.1) is 0 Å². The first-order chi connectivity index (χ1) is 12.7. The smallest absolute Gasteiger partial charge is 0.295 e. The zero-order valence-corrected chi connectivity index (χ0v) is 15.6. The molecule has 1 aromatic heterocycles. The molecule has 0 unspecified atom stereocenters. The van der Waals surface area contributed by atoms with Crippen molar-refractivity contribution in [2.45, 2.75) is 22.8 Å². The molecule has 2 aromatic rings. The Labute approximate surface area is 155 Å². The predicted molar refractivity (Wildman–Crippen MR) is 90.3 cm³/mol. The second-order valence-electron chi connectivity index (χ2n) is 5.28. The minimum Gasteiger partial charge on any atom is -0.473 e. The third-order valence-corrected chi connectivity index (χ3v) is 5.58. The molecular weight excluding hydrogens is 402 g/mol. The number of nitrogens with zero attached hydrogens (tertiary/aromatic N) is 2. The molecule has 2 rings (SSSR count). The van der Waals surface area contributed by atoms with E-state index in [-0.39, 0.29) is 36.8 Å². The molecule has 0 spiro atoms. The van der Waals surface area contributed by atoms with Crippen LogP contribution in [0.5, 0.6) is 5.88 Å². The first-order valence-electron chi connectivity index (χ1n) is 7.67. The van der Waals surface area contributed by atoms with E-state index in [0.717, 1.165) is 0 Å². The van der Waals surface area contributed by atoms with Crippen molar-refractivity contribution in [1.29, 1.82) is 0 Å². The van der Waals surface area contributed by atoms with Crippen LogP contribution in [0.2, 0.25) is 0 Å². The van der Waals surface area contributed by atoms with Crippen molar-refractivity contribution in [3.05, 3.63) is 30.3 Å². The lowest BCUT2D eigenvalue weighted by atomic mass is 10.3. The molecule has 0 bridgehead atoms. The molecule has 11 nitrogen and oxygen atoms in total. The largest absolute Gasteiger partial charge is 0.473 e. The third-order valence-electron chi connectivity index (χ3n) is 3.21. The van der Waals surface area contributed by atoms with Gasteiger partial charge < -0.3 is 10.1 Å². The summed E-state index contributed by atoms with van der Waals surface area (Å²) in [4.78, 5) is 11.5. The summed E-state index contributed by atoms with van der Waals surface area (Å²) in [5, 5.41) is 8.65. The van der Waals surface area contributed by atoms with Crippen LogP contribution in [0.4, 0.5) is 0 Å². The molecule has 0 saturated carbocycles. The van der Waals surface area contributed by atoms with Gasteiger partial charge in [0, 0.05) is 13.0 Å². The maximum Gasteiger partial charge on any atom is 0.295 e. The highest BCUT2D eigenvalue weighted by molar-refractivity contribution is 7.91. The Bertz CT molecular complexity index is 971. The number of rotatable bonds is 10. The van der Waals surface area contributed by atoms with E-state index in [2.05, 4.69) is 20.3 Å². The van der Waals surface area contributed by atoms with E-state index in [1.54, 1.807) is 18.2 Å². The number of carbonyl (C=O) groups excluding carboxylic acids is 1. The first kappa shape index (κ1) is 20.8. The van der Waals surface area contributed by atoms with Crippen molar-refractivity contribution in [1.82, 2.24) is 15.6 Å². The van der Waals surface area contributed by atoms with Crippen LogP contribution in [0.3, 0.4) is 0 Å². The highest BCUT2D eigenvalue weighted by atomic mass is 32.2. The molecule has 0 aliphatic carbocycles. The molecule has 0 aliphatic rings. The Morgan fingerprint density at radius 3 is 2.52 bits per heavy atom. The van der Waals surface area contributed by atoms with Crippen LogP contribution in [0.15, 0.2) is 44.9 Å². The van der Waals surface area contributed by atoms with Crippen molar-refractivity contribution in [3.63, 3.8) is 0 Å². The molecule has 0 radical (unpaired) electrons. The lowest BCUT2D eigenvalue weighted by Gasteiger charge is -2.06. The Kier molecular flexibility index (Phi) is 6.87. The first-order valence-corrected chi connectivity index (χ1v) is 10.8. The van der Waals surface area contributed by atoms with Crippen molar-refractivity contribution in [2.75, 3.05) is 18.9 Å². The van der Waals surface area contributed by atoms with Crippen molar-refractivity contribution in [2.24, 2.45) is 0 Å². The van der Waals surface area contributed by atoms with E-state index < -0.39 is 36.6 Å². The van der Waals surface area contributed by atoms with Crippen molar-refractivity contribution >= 4 is 25.9 Å². The Balaban J connectivity index is 1.85. The Morgan fingerprint density at radius 1 is 1.15 bits per heavy atom. The second-order valence-corrected chi connectivity index (χ2v) is 8.72. The third kappa shape index (κ3) is 6.30. The molecular formula is C14H17N3O8S2. The fraction of sp³-hybridized carbons (Fsp3) is 0.357. The Morgan fingerprint density at radius 2 is 1.85 bits per heavy atom. The summed E-state index contributed by atoms with van der Waals surface area (Å²) in [6.45, 7) is -0.261. The summed E-state index contributed by atoms with van der Waals surface area (Å²) in [6.07, 6.45) is 0.201. The molecule has 0 fully saturated rings. The SMILES string of the molecule is O=C(CCCOc1nonc1S(=O)(=O)c1ccccc1)NCCS(=O)(=O)O. The molecule has 0 atom stereocenters. The number of nitrogens with one attached hydrogen (secondary N) is 1. The molecule has 2 N–H and O–H groups in total. The van der Waals surface area contributed by atoms with Gasteiger partial charge in [0.05, 0.1) is 17.3 Å². The number of amides is 1. The standard InChI is InChI=1S/C14H17N3O8S2/c18-12(15-8-10-26(19,20)21)7-4-9-24-13-14(17-25-16-13)27(22,23)11-5-2-1-3-6-11/h1-3,5-6H,4,7-10H2,(H,15,18)(H,19,20,21). The number of carbonyl (C=O) groups is 1. The minimum absolute atomic E-state index is 0.00246. The number of hydrogen-bond donors (Lipinski definition) is 2. The number of benzene rings is 1. The zero-order valence-electron chi connectivity index (χ0n) is 13.9. The van der Waals surface area contributed by atoms with E-state index in [1.165, 1.54) is 12.1 Å². The maximum absolute atomic E-state index is 12.5. The Hall–Kier alpha value is -2.51. The monoisotopic (exact) mass is 419 g/mol. The fourth-order valence-electron chi connectivity index (χ4n) is 1.95. The molecule has 0 aliphatic heterocycles. The molecule has 13 heteroatoms. The van der Waals surface area contributed by atoms with E-state index >= 15 is 0 Å². The number of hydrogen-bond acceptors (Lipinski definition) is 9. The van der Waals surface area contributed by atoms with E-state index in [4.69, 9.17) is 9.29 Å². The predicted octanol–water partition coefficient (Wildman–Crippen LogP) is 0.0654. The van der Waals surface area contributed by atoms with Crippen LogP contribution in [-0.4, -0.2) is 56.5 Å². The van der Waals surface area contributed by atoms with Gasteiger partial charge in [0.2, 0.25) is 15.7 Å². The van der Waals surface area contributed by atoms with E-state index in [0.29, 0.717) is 0 Å². The van der Waals surface area contributed by atoms with Gasteiger partial charge >= 0.3 is 0 Å². The summed E-state index contributed by atoms with van der Waals surface area (Å²) in [7, 11) is -8.10. The normalized spacial score (nSPS) is 11.9. The topological polar surface area (TPSA) is 166 Å². The molecule has 1 aromatic carbocycles.